The van der Waals surface area contributed by atoms with Crippen LogP contribution < -0.4 is 30.2 Å². The van der Waals surface area contributed by atoms with Crippen molar-refractivity contribution in [1.29, 1.82) is 0 Å². The second-order valence-corrected chi connectivity index (χ2v) is 7.26. The minimum atomic E-state index is -0.502. The second kappa shape index (κ2) is 9.04. The lowest BCUT2D eigenvalue weighted by Gasteiger charge is -2.31. The molecule has 7 nitrogen and oxygen atoms in total. The van der Waals surface area contributed by atoms with E-state index in [9.17, 15) is 4.79 Å². The van der Waals surface area contributed by atoms with Gasteiger partial charge in [-0.05, 0) is 55.9 Å². The van der Waals surface area contributed by atoms with Crippen LogP contribution in [0.1, 0.15) is 24.1 Å². The first-order valence-corrected chi connectivity index (χ1v) is 9.75. The van der Waals surface area contributed by atoms with Crippen molar-refractivity contribution in [3.8, 4) is 17.2 Å². The Kier molecular flexibility index (Phi) is 6.47. The van der Waals surface area contributed by atoms with E-state index >= 15 is 0 Å². The van der Waals surface area contributed by atoms with Gasteiger partial charge < -0.3 is 30.2 Å². The fourth-order valence-electron chi connectivity index (χ4n) is 3.35. The van der Waals surface area contributed by atoms with Crippen LogP contribution in [0.25, 0.3) is 0 Å². The Morgan fingerprint density at radius 3 is 2.13 bits per heavy atom. The molecule has 1 atom stereocenters. The van der Waals surface area contributed by atoms with Crippen molar-refractivity contribution in [3.05, 3.63) is 58.8 Å². The van der Waals surface area contributed by atoms with E-state index in [0.29, 0.717) is 39.3 Å². The lowest BCUT2D eigenvalue weighted by molar-refractivity contribution is -0.113. The Hall–Kier alpha value is -3.26. The molecule has 0 aliphatic carbocycles. The summed E-state index contributed by atoms with van der Waals surface area (Å²) in [5.74, 6) is 1.23. The average Bonchev–Trinajstić information content (AvgIpc) is 2.73. The summed E-state index contributed by atoms with van der Waals surface area (Å²) in [7, 11) is 4.64. The van der Waals surface area contributed by atoms with Crippen LogP contribution in [0.15, 0.2) is 47.7 Å². The van der Waals surface area contributed by atoms with Gasteiger partial charge in [-0.1, -0.05) is 17.7 Å². The third-order valence-corrected chi connectivity index (χ3v) is 5.06. The molecule has 8 heteroatoms. The number of nitrogens with one attached hydrogen (secondary N) is 3. The van der Waals surface area contributed by atoms with Gasteiger partial charge in [0.15, 0.2) is 16.6 Å². The first-order chi connectivity index (χ1) is 14.4. The van der Waals surface area contributed by atoms with E-state index in [1.54, 1.807) is 33.5 Å². The van der Waals surface area contributed by atoms with Gasteiger partial charge in [0.05, 0.1) is 32.9 Å². The maximum Gasteiger partial charge on any atom is 0.255 e. The van der Waals surface area contributed by atoms with Gasteiger partial charge in [-0.2, -0.15) is 0 Å². The zero-order valence-corrected chi connectivity index (χ0v) is 18.4. The van der Waals surface area contributed by atoms with Crippen LogP contribution in [0.2, 0.25) is 0 Å². The molecule has 30 heavy (non-hydrogen) atoms. The molecule has 0 saturated heterocycles. The molecule has 1 aliphatic heterocycles. The number of carbonyl (C=O) groups excluding carboxylic acids is 1. The number of rotatable bonds is 6. The Labute approximate surface area is 181 Å². The predicted molar refractivity (Wildman–Crippen MR) is 120 cm³/mol. The Morgan fingerprint density at radius 2 is 1.60 bits per heavy atom. The molecular formula is C22H25N3O4S. The molecule has 0 bridgehead atoms. The Morgan fingerprint density at radius 1 is 1.00 bits per heavy atom. The van der Waals surface area contributed by atoms with Gasteiger partial charge in [0.2, 0.25) is 5.75 Å². The van der Waals surface area contributed by atoms with Crippen molar-refractivity contribution in [3.63, 3.8) is 0 Å². The zero-order chi connectivity index (χ0) is 21.8. The molecule has 0 fully saturated rings. The molecule has 0 saturated carbocycles. The monoisotopic (exact) mass is 427 g/mol. The summed E-state index contributed by atoms with van der Waals surface area (Å²) in [6.45, 7) is 3.82. The van der Waals surface area contributed by atoms with Crippen molar-refractivity contribution in [2.24, 2.45) is 0 Å². The summed E-state index contributed by atoms with van der Waals surface area (Å²) in [5, 5.41) is 9.60. The van der Waals surface area contributed by atoms with E-state index in [0.717, 1.165) is 11.1 Å². The largest absolute Gasteiger partial charge is 0.493 e. The highest BCUT2D eigenvalue weighted by Gasteiger charge is 2.31. The van der Waals surface area contributed by atoms with Gasteiger partial charge in [0.25, 0.3) is 5.91 Å². The quantitative estimate of drug-likeness (QED) is 0.609. The number of allylic oxidation sites excluding steroid dienone is 1. The molecule has 158 valence electrons. The van der Waals surface area contributed by atoms with Crippen LogP contribution in [0, 0.1) is 6.92 Å². The van der Waals surface area contributed by atoms with Gasteiger partial charge in [-0.15, -0.1) is 0 Å². The number of ether oxygens (including phenoxy) is 3. The molecule has 3 rings (SSSR count). The van der Waals surface area contributed by atoms with Crippen molar-refractivity contribution in [2.45, 2.75) is 19.9 Å². The van der Waals surface area contributed by atoms with Crippen molar-refractivity contribution >= 4 is 28.9 Å². The maximum atomic E-state index is 13.2. The maximum absolute atomic E-state index is 13.2. The summed E-state index contributed by atoms with van der Waals surface area (Å²) >= 11 is 5.34. The summed E-state index contributed by atoms with van der Waals surface area (Å²) in [6.07, 6.45) is 0. The lowest BCUT2D eigenvalue weighted by Crippen LogP contribution is -2.45. The SMILES string of the molecule is COc1cc(C2NC(=S)NC(C)=C2C(=O)Nc2ccc(C)cc2)cc(OC)c1OC. The van der Waals surface area contributed by atoms with E-state index in [2.05, 4.69) is 16.0 Å². The summed E-state index contributed by atoms with van der Waals surface area (Å²) in [5.41, 5.74) is 3.76. The van der Waals surface area contributed by atoms with Crippen LogP contribution in [-0.4, -0.2) is 32.3 Å². The minimum absolute atomic E-state index is 0.238. The normalized spacial score (nSPS) is 15.8. The van der Waals surface area contributed by atoms with Crippen LogP contribution in [0.4, 0.5) is 5.69 Å². The topological polar surface area (TPSA) is 80.9 Å². The zero-order valence-electron chi connectivity index (χ0n) is 17.6. The number of amides is 1. The van der Waals surface area contributed by atoms with Crippen molar-refractivity contribution in [1.82, 2.24) is 10.6 Å². The standard InChI is InChI=1S/C22H25N3O4S/c1-12-6-8-15(9-7-12)24-21(26)18-13(2)23-22(30)25-19(18)14-10-16(27-3)20(29-5)17(11-14)28-4/h6-11,19H,1-5H3,(H,24,26)(H2,23,25,30). The highest BCUT2D eigenvalue weighted by molar-refractivity contribution is 7.80. The van der Waals surface area contributed by atoms with Gasteiger partial charge in [0.1, 0.15) is 0 Å². The molecule has 2 aromatic rings. The van der Waals surface area contributed by atoms with Crippen LogP contribution in [0.5, 0.6) is 17.2 Å². The van der Waals surface area contributed by atoms with Crippen molar-refractivity contribution < 1.29 is 19.0 Å². The fourth-order valence-corrected chi connectivity index (χ4v) is 3.62. The molecule has 3 N–H and O–H groups in total. The summed E-state index contributed by atoms with van der Waals surface area (Å²) in [4.78, 5) is 13.2. The molecular weight excluding hydrogens is 402 g/mol. The number of hydrogen-bond acceptors (Lipinski definition) is 5. The highest BCUT2D eigenvalue weighted by atomic mass is 32.1. The van der Waals surface area contributed by atoms with E-state index < -0.39 is 6.04 Å². The number of thiocarbonyl (C=S) groups is 1. The second-order valence-electron chi connectivity index (χ2n) is 6.85. The smallest absolute Gasteiger partial charge is 0.255 e. The Balaban J connectivity index is 2.03. The average molecular weight is 428 g/mol. The number of carbonyl (C=O) groups is 1. The molecule has 0 radical (unpaired) electrons. The molecule has 0 spiro atoms. The molecule has 1 unspecified atom stereocenters. The van der Waals surface area contributed by atoms with Crippen LogP contribution in [0.3, 0.4) is 0 Å². The van der Waals surface area contributed by atoms with Gasteiger partial charge in [0, 0.05) is 11.4 Å². The predicted octanol–water partition coefficient (Wildman–Crippen LogP) is 3.45. The number of anilines is 1. The van der Waals surface area contributed by atoms with E-state index in [4.69, 9.17) is 26.4 Å². The van der Waals surface area contributed by atoms with E-state index in [1.165, 1.54) is 0 Å². The first-order valence-electron chi connectivity index (χ1n) is 9.34. The summed E-state index contributed by atoms with van der Waals surface area (Å²) < 4.78 is 16.3. The third-order valence-electron chi connectivity index (χ3n) is 4.84. The van der Waals surface area contributed by atoms with E-state index in [1.807, 2.05) is 38.1 Å². The fraction of sp³-hybridized carbons (Fsp3) is 0.273. The van der Waals surface area contributed by atoms with Gasteiger partial charge >= 0.3 is 0 Å². The van der Waals surface area contributed by atoms with Gasteiger partial charge in [-0.3, -0.25) is 4.79 Å². The molecule has 1 aliphatic rings. The van der Waals surface area contributed by atoms with Crippen LogP contribution >= 0.6 is 12.2 Å². The number of aryl methyl sites for hydroxylation is 1. The summed E-state index contributed by atoms with van der Waals surface area (Å²) in [6, 6.07) is 10.7. The van der Waals surface area contributed by atoms with E-state index in [-0.39, 0.29) is 5.91 Å². The number of hydrogen-bond donors (Lipinski definition) is 3. The highest BCUT2D eigenvalue weighted by Crippen LogP contribution is 2.41. The molecule has 1 amide bonds. The molecule has 2 aromatic carbocycles. The number of benzene rings is 2. The third kappa shape index (κ3) is 4.33. The Bertz CT molecular complexity index is 977. The minimum Gasteiger partial charge on any atom is -0.493 e. The van der Waals surface area contributed by atoms with Crippen molar-refractivity contribution in [2.75, 3.05) is 26.6 Å². The number of methoxy groups -OCH3 is 3. The lowest BCUT2D eigenvalue weighted by atomic mass is 9.94. The molecule has 1 heterocycles. The first kappa shape index (κ1) is 21.4. The van der Waals surface area contributed by atoms with Gasteiger partial charge in [-0.25, -0.2) is 0 Å². The molecule has 0 aromatic heterocycles. The van der Waals surface area contributed by atoms with Crippen LogP contribution in [-0.2, 0) is 4.79 Å².